The molecule has 2 unspecified atom stereocenters. The third kappa shape index (κ3) is 5.25. The largest absolute Gasteiger partial charge is 0.338 e. The molecule has 4 heterocycles. The Morgan fingerprint density at radius 1 is 1.21 bits per heavy atom. The fraction of sp³-hybridized carbons (Fsp3) is 0.500. The summed E-state index contributed by atoms with van der Waals surface area (Å²) in [5.74, 6) is -0.0245. The summed E-state index contributed by atoms with van der Waals surface area (Å²) in [4.78, 5) is 50.4. The summed E-state index contributed by atoms with van der Waals surface area (Å²) in [5.41, 5.74) is 0.455. The number of nitrogens with zero attached hydrogens (tertiary/aromatic N) is 4. The fourth-order valence-electron chi connectivity index (χ4n) is 4.58. The third-order valence-electron chi connectivity index (χ3n) is 6.16. The molecule has 0 bridgehead atoms. The van der Waals surface area contributed by atoms with E-state index >= 15 is 0 Å². The number of carbonyl (C=O) groups is 3. The molecule has 2 aliphatic rings. The van der Waals surface area contributed by atoms with Crippen LogP contribution in [0.15, 0.2) is 42.0 Å². The molecule has 4 rings (SSSR count). The Balaban J connectivity index is 1.62. The number of thiophene rings is 1. The summed E-state index contributed by atoms with van der Waals surface area (Å²) in [7, 11) is 0. The van der Waals surface area contributed by atoms with Crippen molar-refractivity contribution in [1.29, 1.82) is 0 Å². The number of hydrogen-bond donors (Lipinski definition) is 1. The Morgan fingerprint density at radius 3 is 2.64 bits per heavy atom. The minimum Gasteiger partial charge on any atom is -0.338 e. The van der Waals surface area contributed by atoms with Gasteiger partial charge in [-0.15, -0.1) is 11.3 Å². The number of likely N-dealkylation sites (tertiary alicyclic amines) is 1. The number of nitrogens with one attached hydrogen (secondary N) is 1. The lowest BCUT2D eigenvalue weighted by molar-refractivity contribution is -0.135. The summed E-state index contributed by atoms with van der Waals surface area (Å²) >= 11 is 1.42. The second-order valence-corrected chi connectivity index (χ2v) is 9.96. The van der Waals surface area contributed by atoms with E-state index in [9.17, 15) is 14.4 Å². The maximum absolute atomic E-state index is 13.5. The summed E-state index contributed by atoms with van der Waals surface area (Å²) in [6, 6.07) is 6.33. The van der Waals surface area contributed by atoms with Gasteiger partial charge in [0.2, 0.25) is 5.91 Å². The molecular formula is C24H31N5O3S. The molecule has 2 aromatic heterocycles. The summed E-state index contributed by atoms with van der Waals surface area (Å²) in [6.07, 6.45) is 3.60. The SMILES string of the molecule is CC(C)CN(C(=O)c1cccs1)C1CC(C(=O)N2CCNCC2)N(C(=O)c2cccnc2)C1. The Morgan fingerprint density at radius 2 is 2.00 bits per heavy atom. The molecule has 1 N–H and O–H groups in total. The maximum Gasteiger partial charge on any atom is 0.264 e. The standard InChI is InChI=1S/C24H31N5O3S/c1-17(2)15-28(24(32)21-6-4-12-33-21)19-13-20(23(31)27-10-8-25-9-11-27)29(16-19)22(30)18-5-3-7-26-14-18/h3-7,12,14,17,19-20,25H,8-11,13,15-16H2,1-2H3. The smallest absolute Gasteiger partial charge is 0.264 e. The van der Waals surface area contributed by atoms with Crippen LogP contribution >= 0.6 is 11.3 Å². The third-order valence-corrected chi connectivity index (χ3v) is 7.02. The molecule has 0 spiro atoms. The van der Waals surface area contributed by atoms with Crippen LogP contribution in [0.1, 0.15) is 40.3 Å². The van der Waals surface area contributed by atoms with Gasteiger partial charge >= 0.3 is 0 Å². The average Bonchev–Trinajstić information content (AvgIpc) is 3.53. The van der Waals surface area contributed by atoms with Gasteiger partial charge in [0.15, 0.2) is 0 Å². The van der Waals surface area contributed by atoms with Crippen LogP contribution in [0, 0.1) is 5.92 Å². The normalized spacial score (nSPS) is 20.8. The Bertz CT molecular complexity index is 960. The van der Waals surface area contributed by atoms with E-state index in [-0.39, 0.29) is 29.7 Å². The van der Waals surface area contributed by atoms with Crippen molar-refractivity contribution in [3.05, 3.63) is 52.5 Å². The molecule has 0 radical (unpaired) electrons. The fourth-order valence-corrected chi connectivity index (χ4v) is 5.26. The second-order valence-electron chi connectivity index (χ2n) is 9.01. The number of amides is 3. The minimum atomic E-state index is -0.591. The lowest BCUT2D eigenvalue weighted by Crippen LogP contribution is -2.53. The van der Waals surface area contributed by atoms with Gasteiger partial charge in [-0.1, -0.05) is 19.9 Å². The first-order valence-electron chi connectivity index (χ1n) is 11.5. The van der Waals surface area contributed by atoms with E-state index < -0.39 is 6.04 Å². The minimum absolute atomic E-state index is 0.0345. The quantitative estimate of drug-likeness (QED) is 0.699. The molecule has 2 aliphatic heterocycles. The van der Waals surface area contributed by atoms with Crippen LogP contribution in [-0.4, -0.2) is 88.8 Å². The van der Waals surface area contributed by atoms with Crippen LogP contribution in [-0.2, 0) is 4.79 Å². The Labute approximate surface area is 198 Å². The maximum atomic E-state index is 13.5. The van der Waals surface area contributed by atoms with Gasteiger partial charge in [-0.2, -0.15) is 0 Å². The molecular weight excluding hydrogens is 438 g/mol. The van der Waals surface area contributed by atoms with Crippen LogP contribution in [0.25, 0.3) is 0 Å². The predicted octanol–water partition coefficient (Wildman–Crippen LogP) is 1.96. The topological polar surface area (TPSA) is 85.9 Å². The lowest BCUT2D eigenvalue weighted by atomic mass is 10.1. The first-order valence-corrected chi connectivity index (χ1v) is 12.4. The Hall–Kier alpha value is -2.78. The van der Waals surface area contributed by atoms with Crippen LogP contribution in [0.3, 0.4) is 0 Å². The van der Waals surface area contributed by atoms with Gasteiger partial charge < -0.3 is 20.0 Å². The number of piperazine rings is 1. The molecule has 2 atom stereocenters. The molecule has 9 heteroatoms. The van der Waals surface area contributed by atoms with Gasteiger partial charge in [-0.05, 0) is 35.9 Å². The zero-order chi connectivity index (χ0) is 23.4. The van der Waals surface area contributed by atoms with Gasteiger partial charge in [0.1, 0.15) is 6.04 Å². The van der Waals surface area contributed by atoms with Crippen molar-refractivity contribution in [2.45, 2.75) is 32.4 Å². The lowest BCUT2D eigenvalue weighted by Gasteiger charge is -2.32. The monoisotopic (exact) mass is 469 g/mol. The summed E-state index contributed by atoms with van der Waals surface area (Å²) < 4.78 is 0. The van der Waals surface area contributed by atoms with E-state index in [0.717, 1.165) is 13.1 Å². The van der Waals surface area contributed by atoms with Crippen molar-refractivity contribution in [3.63, 3.8) is 0 Å². The first-order chi connectivity index (χ1) is 16.0. The molecule has 0 aromatic carbocycles. The van der Waals surface area contributed by atoms with E-state index in [4.69, 9.17) is 0 Å². The van der Waals surface area contributed by atoms with E-state index in [1.807, 2.05) is 27.3 Å². The number of aromatic nitrogens is 1. The summed E-state index contributed by atoms with van der Waals surface area (Å²) in [6.45, 7) is 7.79. The average molecular weight is 470 g/mol. The van der Waals surface area contributed by atoms with Gasteiger partial charge in [-0.25, -0.2) is 0 Å². The van der Waals surface area contributed by atoms with E-state index in [1.54, 1.807) is 23.2 Å². The number of carbonyl (C=O) groups excluding carboxylic acids is 3. The Kier molecular flexibility index (Phi) is 7.39. The molecule has 176 valence electrons. The van der Waals surface area contributed by atoms with Gasteiger partial charge in [0, 0.05) is 51.7 Å². The highest BCUT2D eigenvalue weighted by Crippen LogP contribution is 2.28. The van der Waals surface area contributed by atoms with Crippen LogP contribution < -0.4 is 5.32 Å². The van der Waals surface area contributed by atoms with Crippen molar-refractivity contribution in [3.8, 4) is 0 Å². The molecule has 2 fully saturated rings. The molecule has 0 saturated carbocycles. The first kappa shape index (κ1) is 23.4. The van der Waals surface area contributed by atoms with Crippen LogP contribution in [0.4, 0.5) is 0 Å². The van der Waals surface area contributed by atoms with Gasteiger partial charge in [-0.3, -0.25) is 19.4 Å². The molecule has 3 amide bonds. The van der Waals surface area contributed by atoms with Gasteiger partial charge in [0.25, 0.3) is 11.8 Å². The highest BCUT2D eigenvalue weighted by atomic mass is 32.1. The predicted molar refractivity (Wildman–Crippen MR) is 127 cm³/mol. The van der Waals surface area contributed by atoms with Crippen molar-refractivity contribution in [2.24, 2.45) is 5.92 Å². The highest BCUT2D eigenvalue weighted by Gasteiger charge is 2.45. The number of pyridine rings is 1. The zero-order valence-electron chi connectivity index (χ0n) is 19.1. The van der Waals surface area contributed by atoms with Crippen molar-refractivity contribution in [1.82, 2.24) is 25.0 Å². The van der Waals surface area contributed by atoms with Crippen molar-refractivity contribution < 1.29 is 14.4 Å². The second kappa shape index (κ2) is 10.4. The van der Waals surface area contributed by atoms with Gasteiger partial charge in [0.05, 0.1) is 16.5 Å². The van der Waals surface area contributed by atoms with Crippen molar-refractivity contribution in [2.75, 3.05) is 39.3 Å². The van der Waals surface area contributed by atoms with Crippen LogP contribution in [0.2, 0.25) is 0 Å². The number of rotatable bonds is 6. The molecule has 8 nitrogen and oxygen atoms in total. The van der Waals surface area contributed by atoms with E-state index in [2.05, 4.69) is 24.1 Å². The zero-order valence-corrected chi connectivity index (χ0v) is 20.0. The summed E-state index contributed by atoms with van der Waals surface area (Å²) in [5, 5.41) is 5.16. The van der Waals surface area contributed by atoms with E-state index in [0.29, 0.717) is 43.0 Å². The van der Waals surface area contributed by atoms with Crippen LogP contribution in [0.5, 0.6) is 0 Å². The highest BCUT2D eigenvalue weighted by molar-refractivity contribution is 7.12. The molecule has 0 aliphatic carbocycles. The molecule has 2 saturated heterocycles. The number of hydrogen-bond acceptors (Lipinski definition) is 6. The molecule has 33 heavy (non-hydrogen) atoms. The van der Waals surface area contributed by atoms with Crippen molar-refractivity contribution >= 4 is 29.1 Å². The molecule has 2 aromatic rings. The van der Waals surface area contributed by atoms with E-state index in [1.165, 1.54) is 17.5 Å².